The van der Waals surface area contributed by atoms with Crippen LogP contribution in [0.2, 0.25) is 0 Å². The van der Waals surface area contributed by atoms with Gasteiger partial charge in [-0.05, 0) is 43.5 Å². The van der Waals surface area contributed by atoms with E-state index in [4.69, 9.17) is 10.5 Å². The quantitative estimate of drug-likeness (QED) is 0.825. The number of hydrogen-bond acceptors (Lipinski definition) is 3. The van der Waals surface area contributed by atoms with Crippen LogP contribution in [0.3, 0.4) is 0 Å². The lowest BCUT2D eigenvalue weighted by Crippen LogP contribution is -2.27. The number of nitrogens with two attached hydrogens (primary N) is 1. The number of ether oxygens (including phenoxy) is 1. The zero-order valence-electron chi connectivity index (χ0n) is 12.2. The average molecular weight is 264 g/mol. The second-order valence-corrected chi connectivity index (χ2v) is 5.08. The van der Waals surface area contributed by atoms with Crippen LogP contribution in [0, 0.1) is 19.8 Å². The third kappa shape index (κ3) is 4.56. The first-order valence-electron chi connectivity index (χ1n) is 6.58. The highest BCUT2D eigenvalue weighted by Crippen LogP contribution is 2.23. The molecule has 0 bridgehead atoms. The van der Waals surface area contributed by atoms with E-state index in [1.165, 1.54) is 0 Å². The third-order valence-corrected chi connectivity index (χ3v) is 3.19. The first-order valence-corrected chi connectivity index (χ1v) is 6.58. The molecule has 1 rings (SSSR count). The molecule has 4 nitrogen and oxygen atoms in total. The lowest BCUT2D eigenvalue weighted by molar-refractivity contribution is -0.122. The van der Waals surface area contributed by atoms with Crippen molar-refractivity contribution in [1.82, 2.24) is 5.32 Å². The topological polar surface area (TPSA) is 64.3 Å². The molecule has 1 unspecified atom stereocenters. The fourth-order valence-corrected chi connectivity index (χ4v) is 2.03. The van der Waals surface area contributed by atoms with Crippen molar-refractivity contribution in [2.45, 2.75) is 33.7 Å². The van der Waals surface area contributed by atoms with Gasteiger partial charge in [0, 0.05) is 18.5 Å². The van der Waals surface area contributed by atoms with Crippen molar-refractivity contribution >= 4 is 5.91 Å². The van der Waals surface area contributed by atoms with Gasteiger partial charge in [0.2, 0.25) is 5.91 Å². The number of amides is 1. The molecule has 0 saturated heterocycles. The number of carbonyl (C=O) groups excluding carboxylic acids is 1. The van der Waals surface area contributed by atoms with Gasteiger partial charge < -0.3 is 15.8 Å². The Morgan fingerprint density at radius 2 is 2.11 bits per heavy atom. The van der Waals surface area contributed by atoms with Gasteiger partial charge >= 0.3 is 0 Å². The monoisotopic (exact) mass is 264 g/mol. The summed E-state index contributed by atoms with van der Waals surface area (Å²) in [7, 11) is 1.65. The van der Waals surface area contributed by atoms with Crippen LogP contribution in [0.5, 0.6) is 5.75 Å². The number of aryl methyl sites for hydroxylation is 2. The molecule has 1 aromatic carbocycles. The van der Waals surface area contributed by atoms with E-state index in [9.17, 15) is 4.79 Å². The second kappa shape index (κ2) is 7.14. The summed E-state index contributed by atoms with van der Waals surface area (Å²) in [4.78, 5) is 11.8. The Morgan fingerprint density at radius 3 is 2.68 bits per heavy atom. The van der Waals surface area contributed by atoms with Gasteiger partial charge in [-0.15, -0.1) is 0 Å². The number of carbonyl (C=O) groups is 1. The molecule has 106 valence electrons. The smallest absolute Gasteiger partial charge is 0.220 e. The molecule has 0 heterocycles. The van der Waals surface area contributed by atoms with E-state index >= 15 is 0 Å². The van der Waals surface area contributed by atoms with Crippen LogP contribution in [0.4, 0.5) is 0 Å². The standard InChI is InChI=1S/C15H24N2O2/c1-10-5-12(3)13(14(6-10)19-4)9-17-15(18)7-11(2)8-16/h5-6,11H,7-9,16H2,1-4H3,(H,17,18). The first-order chi connectivity index (χ1) is 8.97. The highest BCUT2D eigenvalue weighted by atomic mass is 16.5. The lowest BCUT2D eigenvalue weighted by atomic mass is 10.0. The van der Waals surface area contributed by atoms with Crippen molar-refractivity contribution in [3.63, 3.8) is 0 Å². The Morgan fingerprint density at radius 1 is 1.42 bits per heavy atom. The van der Waals surface area contributed by atoms with Crippen LogP contribution < -0.4 is 15.8 Å². The zero-order valence-corrected chi connectivity index (χ0v) is 12.2. The molecule has 1 amide bonds. The van der Waals surface area contributed by atoms with Crippen molar-refractivity contribution < 1.29 is 9.53 Å². The molecule has 0 aliphatic carbocycles. The first kappa shape index (κ1) is 15.5. The van der Waals surface area contributed by atoms with Crippen LogP contribution in [-0.2, 0) is 11.3 Å². The maximum absolute atomic E-state index is 11.8. The molecule has 4 heteroatoms. The highest BCUT2D eigenvalue weighted by molar-refractivity contribution is 5.76. The molecule has 3 N–H and O–H groups in total. The molecular weight excluding hydrogens is 240 g/mol. The van der Waals surface area contributed by atoms with Crippen LogP contribution in [-0.4, -0.2) is 19.6 Å². The van der Waals surface area contributed by atoms with Crippen LogP contribution in [0.25, 0.3) is 0 Å². The van der Waals surface area contributed by atoms with Gasteiger partial charge in [-0.1, -0.05) is 13.0 Å². The predicted octanol–water partition coefficient (Wildman–Crippen LogP) is 1.91. The summed E-state index contributed by atoms with van der Waals surface area (Å²) >= 11 is 0. The molecular formula is C15H24N2O2. The Hall–Kier alpha value is -1.55. The number of hydrogen-bond donors (Lipinski definition) is 2. The normalized spacial score (nSPS) is 12.1. The molecule has 1 atom stereocenters. The maximum Gasteiger partial charge on any atom is 0.220 e. The third-order valence-electron chi connectivity index (χ3n) is 3.19. The Balaban J connectivity index is 2.70. The van der Waals surface area contributed by atoms with E-state index in [2.05, 4.69) is 11.4 Å². The van der Waals surface area contributed by atoms with Gasteiger partial charge in [0.25, 0.3) is 0 Å². The van der Waals surface area contributed by atoms with Gasteiger partial charge in [0.1, 0.15) is 5.75 Å². The van der Waals surface area contributed by atoms with Crippen molar-refractivity contribution in [3.8, 4) is 5.75 Å². The summed E-state index contributed by atoms with van der Waals surface area (Å²) in [5, 5.41) is 2.92. The van der Waals surface area contributed by atoms with Crippen LogP contribution in [0.15, 0.2) is 12.1 Å². The molecule has 0 aliphatic rings. The molecule has 19 heavy (non-hydrogen) atoms. The minimum absolute atomic E-state index is 0.0278. The van der Waals surface area contributed by atoms with E-state index in [0.717, 1.165) is 22.4 Å². The predicted molar refractivity (Wildman–Crippen MR) is 77.2 cm³/mol. The van der Waals surface area contributed by atoms with Gasteiger partial charge in [-0.25, -0.2) is 0 Å². The molecule has 0 aromatic heterocycles. The number of nitrogens with one attached hydrogen (secondary N) is 1. The SMILES string of the molecule is COc1cc(C)cc(C)c1CNC(=O)CC(C)CN. The minimum Gasteiger partial charge on any atom is -0.496 e. The van der Waals surface area contributed by atoms with Crippen LogP contribution >= 0.6 is 0 Å². The van der Waals surface area contributed by atoms with Crippen molar-refractivity contribution in [2.24, 2.45) is 11.7 Å². The number of rotatable bonds is 6. The summed E-state index contributed by atoms with van der Waals surface area (Å²) in [6, 6.07) is 4.07. The maximum atomic E-state index is 11.8. The fourth-order valence-electron chi connectivity index (χ4n) is 2.03. The van der Waals surface area contributed by atoms with Gasteiger partial charge in [-0.2, -0.15) is 0 Å². The van der Waals surface area contributed by atoms with E-state index in [0.29, 0.717) is 19.5 Å². The Labute approximate surface area is 115 Å². The van der Waals surface area contributed by atoms with Crippen LogP contribution in [0.1, 0.15) is 30.0 Å². The van der Waals surface area contributed by atoms with Gasteiger partial charge in [-0.3, -0.25) is 4.79 Å². The summed E-state index contributed by atoms with van der Waals surface area (Å²) < 4.78 is 5.37. The fraction of sp³-hybridized carbons (Fsp3) is 0.533. The zero-order chi connectivity index (χ0) is 14.4. The molecule has 0 fully saturated rings. The van der Waals surface area contributed by atoms with E-state index in [-0.39, 0.29) is 11.8 Å². The summed E-state index contributed by atoms with van der Waals surface area (Å²) in [5.41, 5.74) is 8.83. The number of benzene rings is 1. The van der Waals surface area contributed by atoms with Crippen molar-refractivity contribution in [3.05, 3.63) is 28.8 Å². The number of methoxy groups -OCH3 is 1. The molecule has 1 aromatic rings. The molecule has 0 aliphatic heterocycles. The van der Waals surface area contributed by atoms with Gasteiger partial charge in [0.05, 0.1) is 7.11 Å². The Bertz CT molecular complexity index is 444. The minimum atomic E-state index is 0.0278. The molecule has 0 saturated carbocycles. The summed E-state index contributed by atoms with van der Waals surface area (Å²) in [5.74, 6) is 1.06. The van der Waals surface area contributed by atoms with E-state index in [1.54, 1.807) is 7.11 Å². The van der Waals surface area contributed by atoms with E-state index in [1.807, 2.05) is 26.8 Å². The largest absolute Gasteiger partial charge is 0.496 e. The summed E-state index contributed by atoms with van der Waals surface area (Å²) in [6.07, 6.45) is 0.462. The summed E-state index contributed by atoms with van der Waals surface area (Å²) in [6.45, 7) is 7.04. The highest BCUT2D eigenvalue weighted by Gasteiger charge is 2.11. The molecule has 0 spiro atoms. The van der Waals surface area contributed by atoms with Crippen molar-refractivity contribution in [1.29, 1.82) is 0 Å². The lowest BCUT2D eigenvalue weighted by Gasteiger charge is -2.14. The average Bonchev–Trinajstić information content (AvgIpc) is 2.36. The molecule has 0 radical (unpaired) electrons. The van der Waals surface area contributed by atoms with Gasteiger partial charge in [0.15, 0.2) is 0 Å². The van der Waals surface area contributed by atoms with Crippen molar-refractivity contribution in [2.75, 3.05) is 13.7 Å². The van der Waals surface area contributed by atoms with E-state index < -0.39 is 0 Å². The second-order valence-electron chi connectivity index (χ2n) is 5.08. The Kier molecular flexibility index (Phi) is 5.83.